The van der Waals surface area contributed by atoms with Crippen molar-refractivity contribution in [3.05, 3.63) is 48.0 Å². The summed E-state index contributed by atoms with van der Waals surface area (Å²) in [5.41, 5.74) is 8.31. The average Bonchev–Trinajstić information content (AvgIpc) is 3.06. The summed E-state index contributed by atoms with van der Waals surface area (Å²) < 4.78 is 20.1. The van der Waals surface area contributed by atoms with Gasteiger partial charge in [0.2, 0.25) is 0 Å². The van der Waals surface area contributed by atoms with Crippen LogP contribution in [0.5, 0.6) is 0 Å². The highest BCUT2D eigenvalue weighted by molar-refractivity contribution is 6.12. The number of hydrogen-bond acceptors (Lipinski definition) is 3. The van der Waals surface area contributed by atoms with E-state index in [1.165, 1.54) is 5.39 Å². The van der Waals surface area contributed by atoms with Crippen molar-refractivity contribution in [2.45, 2.75) is 18.9 Å². The maximum Gasteiger partial charge on any atom is 0.258 e. The third kappa shape index (κ3) is 3.45. The fraction of sp³-hybridized carbons (Fsp3) is 0.333. The number of guanidine groups is 1. The summed E-state index contributed by atoms with van der Waals surface area (Å²) in [6.07, 6.45) is 1.88. The van der Waals surface area contributed by atoms with Crippen molar-refractivity contribution < 1.29 is 13.9 Å². The molecule has 1 aliphatic rings. The number of aliphatic imine (C=N–C) groups is 1. The van der Waals surface area contributed by atoms with Gasteiger partial charge in [0.25, 0.3) is 5.91 Å². The van der Waals surface area contributed by atoms with Crippen LogP contribution in [0.1, 0.15) is 29.2 Å². The Hall–Kier alpha value is -2.93. The molecule has 0 unspecified atom stereocenters. The molecule has 0 radical (unpaired) electrons. The Kier molecular flexibility index (Phi) is 5.25. The third-order valence-corrected chi connectivity index (χ3v) is 5.14. The van der Waals surface area contributed by atoms with Gasteiger partial charge >= 0.3 is 0 Å². The molecule has 4 rings (SSSR count). The van der Waals surface area contributed by atoms with Crippen molar-refractivity contribution in [1.82, 2.24) is 9.88 Å². The van der Waals surface area contributed by atoms with Gasteiger partial charge in [0.05, 0.1) is 12.1 Å². The van der Waals surface area contributed by atoms with Crippen molar-refractivity contribution in [3.63, 3.8) is 0 Å². The number of aromatic nitrogens is 1. The Morgan fingerprint density at radius 1 is 1.18 bits per heavy atom. The zero-order chi connectivity index (χ0) is 19.5. The van der Waals surface area contributed by atoms with Crippen molar-refractivity contribution in [2.24, 2.45) is 10.7 Å². The minimum absolute atomic E-state index is 0.0663. The molecule has 0 spiro atoms. The van der Waals surface area contributed by atoms with E-state index in [2.05, 4.69) is 27.0 Å². The largest absolute Gasteiger partial charge is 0.381 e. The van der Waals surface area contributed by atoms with Crippen LogP contribution in [0.15, 0.2) is 47.5 Å². The van der Waals surface area contributed by atoms with E-state index in [0.717, 1.165) is 42.5 Å². The second-order valence-corrected chi connectivity index (χ2v) is 6.87. The summed E-state index contributed by atoms with van der Waals surface area (Å²) >= 11 is 0. The highest BCUT2D eigenvalue weighted by Gasteiger charge is 2.21. The second kappa shape index (κ2) is 7.98. The molecule has 0 saturated carbocycles. The van der Waals surface area contributed by atoms with E-state index < -0.39 is 6.67 Å². The molecule has 3 aromatic rings. The first-order chi connectivity index (χ1) is 13.7. The number of nitrogens with zero attached hydrogens (tertiary/aromatic N) is 2. The fourth-order valence-electron chi connectivity index (χ4n) is 3.87. The molecule has 1 fully saturated rings. The lowest BCUT2D eigenvalue weighted by molar-refractivity contribution is 0.0717. The third-order valence-electron chi connectivity index (χ3n) is 5.14. The molecule has 2 heterocycles. The average molecular weight is 382 g/mol. The van der Waals surface area contributed by atoms with Crippen LogP contribution >= 0.6 is 0 Å². The molecule has 7 heteroatoms. The highest BCUT2D eigenvalue weighted by Crippen LogP contribution is 2.35. The van der Waals surface area contributed by atoms with Crippen LogP contribution in [0.3, 0.4) is 0 Å². The van der Waals surface area contributed by atoms with Gasteiger partial charge in [-0.25, -0.2) is 4.39 Å². The number of amides is 1. The lowest BCUT2D eigenvalue weighted by atomic mass is 10.1. The lowest BCUT2D eigenvalue weighted by Gasteiger charge is -2.25. The van der Waals surface area contributed by atoms with Crippen LogP contribution in [0, 0.1) is 0 Å². The van der Waals surface area contributed by atoms with E-state index in [1.807, 2.05) is 24.3 Å². The number of para-hydroxylation sites is 1. The molecule has 1 aliphatic heterocycles. The molecule has 0 aliphatic carbocycles. The molecule has 0 bridgehead atoms. The number of ether oxygens (including phenoxy) is 1. The van der Waals surface area contributed by atoms with Gasteiger partial charge in [-0.3, -0.25) is 15.1 Å². The summed E-state index contributed by atoms with van der Waals surface area (Å²) in [5, 5.41) is 4.80. The molecule has 1 aromatic heterocycles. The topological polar surface area (TPSA) is 81.6 Å². The predicted molar refractivity (Wildman–Crippen MR) is 108 cm³/mol. The van der Waals surface area contributed by atoms with E-state index in [-0.39, 0.29) is 18.4 Å². The Labute approximate surface area is 162 Å². The number of halogens is 1. The van der Waals surface area contributed by atoms with E-state index in [9.17, 15) is 9.18 Å². The van der Waals surface area contributed by atoms with Crippen LogP contribution in [0.25, 0.3) is 21.8 Å². The molecule has 6 nitrogen and oxygen atoms in total. The number of rotatable bonds is 4. The smallest absolute Gasteiger partial charge is 0.258 e. The first-order valence-electron chi connectivity index (χ1n) is 9.46. The quantitative estimate of drug-likeness (QED) is 0.537. The predicted octanol–water partition coefficient (Wildman–Crippen LogP) is 3.16. The molecule has 1 saturated heterocycles. The number of carbonyl (C=O) groups is 1. The zero-order valence-corrected chi connectivity index (χ0v) is 15.5. The van der Waals surface area contributed by atoms with Gasteiger partial charge in [0, 0.05) is 41.1 Å². The Morgan fingerprint density at radius 2 is 1.93 bits per heavy atom. The fourth-order valence-corrected chi connectivity index (χ4v) is 3.87. The first kappa shape index (κ1) is 18.4. The van der Waals surface area contributed by atoms with Gasteiger partial charge in [0.15, 0.2) is 5.96 Å². The van der Waals surface area contributed by atoms with E-state index in [1.54, 1.807) is 6.07 Å². The number of fused-ring (bicyclic) bond motifs is 3. The second-order valence-electron chi connectivity index (χ2n) is 6.87. The Balaban J connectivity index is 1.77. The number of hydrogen-bond donors (Lipinski definition) is 2. The molecular formula is C21H23FN4O2. The van der Waals surface area contributed by atoms with Crippen LogP contribution in [0.4, 0.5) is 4.39 Å². The maximum atomic E-state index is 12.6. The summed E-state index contributed by atoms with van der Waals surface area (Å²) in [4.78, 5) is 16.3. The van der Waals surface area contributed by atoms with E-state index in [4.69, 9.17) is 10.5 Å². The number of nitrogens with two attached hydrogens (primary N) is 1. The molecule has 28 heavy (non-hydrogen) atoms. The minimum atomic E-state index is -0.617. The lowest BCUT2D eigenvalue weighted by Crippen LogP contribution is -2.37. The highest BCUT2D eigenvalue weighted by atomic mass is 19.1. The van der Waals surface area contributed by atoms with Crippen molar-refractivity contribution in [3.8, 4) is 0 Å². The van der Waals surface area contributed by atoms with Gasteiger partial charge in [0.1, 0.15) is 6.67 Å². The van der Waals surface area contributed by atoms with Gasteiger partial charge in [-0.15, -0.1) is 0 Å². The SMILES string of the molecule is NC(=NCCF)NC(=O)c1ccc2c3ccccc3n(C3CCOCC3)c2c1. The monoisotopic (exact) mass is 382 g/mol. The summed E-state index contributed by atoms with van der Waals surface area (Å²) in [6.45, 7) is 0.789. The van der Waals surface area contributed by atoms with Gasteiger partial charge in [-0.2, -0.15) is 0 Å². The Bertz CT molecular complexity index is 1040. The van der Waals surface area contributed by atoms with Crippen LogP contribution in [-0.2, 0) is 4.74 Å². The Morgan fingerprint density at radius 3 is 2.71 bits per heavy atom. The standard InChI is InChI=1S/C21H23FN4O2/c22-9-10-24-21(23)25-20(27)14-5-6-17-16-3-1-2-4-18(16)26(19(17)13-14)15-7-11-28-12-8-15/h1-6,13,15H,7-12H2,(H3,23,24,25,27). The zero-order valence-electron chi connectivity index (χ0n) is 15.5. The minimum Gasteiger partial charge on any atom is -0.381 e. The van der Waals surface area contributed by atoms with Gasteiger partial charge < -0.3 is 15.0 Å². The molecule has 2 aromatic carbocycles. The first-order valence-corrected chi connectivity index (χ1v) is 9.46. The van der Waals surface area contributed by atoms with Crippen LogP contribution in [-0.4, -0.2) is 42.9 Å². The number of nitrogens with one attached hydrogen (secondary N) is 1. The number of carbonyl (C=O) groups excluding carboxylic acids is 1. The summed E-state index contributed by atoms with van der Waals surface area (Å²) in [7, 11) is 0. The van der Waals surface area contributed by atoms with Crippen LogP contribution < -0.4 is 11.1 Å². The molecule has 146 valence electrons. The molecule has 3 N–H and O–H groups in total. The molecule has 0 atom stereocenters. The summed E-state index contributed by atoms with van der Waals surface area (Å²) in [5.74, 6) is -0.432. The van der Waals surface area contributed by atoms with Crippen molar-refractivity contribution in [2.75, 3.05) is 26.4 Å². The molecular weight excluding hydrogens is 359 g/mol. The normalized spacial score (nSPS) is 16.0. The van der Waals surface area contributed by atoms with Crippen molar-refractivity contribution >= 4 is 33.7 Å². The number of alkyl halides is 1. The van der Waals surface area contributed by atoms with Gasteiger partial charge in [-0.05, 0) is 31.0 Å². The van der Waals surface area contributed by atoms with E-state index >= 15 is 0 Å². The number of benzene rings is 2. The van der Waals surface area contributed by atoms with Gasteiger partial charge in [-0.1, -0.05) is 24.3 Å². The summed E-state index contributed by atoms with van der Waals surface area (Å²) in [6, 6.07) is 14.2. The van der Waals surface area contributed by atoms with E-state index in [0.29, 0.717) is 11.6 Å². The van der Waals surface area contributed by atoms with Crippen LogP contribution in [0.2, 0.25) is 0 Å². The van der Waals surface area contributed by atoms with Crippen molar-refractivity contribution in [1.29, 1.82) is 0 Å². The maximum absolute atomic E-state index is 12.6. The molecule has 1 amide bonds.